The predicted molar refractivity (Wildman–Crippen MR) is 147 cm³/mol. The molecule has 6 rings (SSSR count). The van der Waals surface area contributed by atoms with Crippen LogP contribution in [0.5, 0.6) is 0 Å². The summed E-state index contributed by atoms with van der Waals surface area (Å²) >= 11 is 0. The van der Waals surface area contributed by atoms with Crippen LogP contribution in [-0.4, -0.2) is 66.6 Å². The number of ketones is 1. The van der Waals surface area contributed by atoms with Crippen molar-refractivity contribution in [2.45, 2.75) is 31.2 Å². The summed E-state index contributed by atoms with van der Waals surface area (Å²) in [5, 5.41) is 11.5. The number of alkyl halides is 3. The molecule has 12 heteroatoms. The first kappa shape index (κ1) is 32.3. The molecule has 1 N–H and O–H groups in total. The largest absolute Gasteiger partial charge is 0.542 e. The van der Waals surface area contributed by atoms with Crippen molar-refractivity contribution in [3.63, 3.8) is 0 Å². The molecule has 0 aromatic heterocycles. The van der Waals surface area contributed by atoms with E-state index in [0.717, 1.165) is 32.0 Å². The third-order valence-corrected chi connectivity index (χ3v) is 7.85. The number of quaternary nitrogens is 1. The molecule has 2 bridgehead atoms. The molecule has 3 aromatic carbocycles. The first-order valence-electron chi connectivity index (χ1n) is 13.9. The van der Waals surface area contributed by atoms with E-state index in [-0.39, 0.29) is 23.4 Å². The monoisotopic (exact) mass is 614 g/mol. The van der Waals surface area contributed by atoms with Crippen LogP contribution >= 0.6 is 0 Å². The van der Waals surface area contributed by atoms with E-state index < -0.39 is 35.9 Å². The standard InChI is InChI=1S/C30H29FN2O4.C2HF3O2/c31-25-13-7-12-24(18-25)29(35)32-28(23-10-5-2-6-11-23)30(36)37-27-20-33(16-14-22(27)15-17-33)19-26(34)21-8-3-1-4-9-21;3-2(4,5)1(6)7/h1-13,18,22,27-28H,14-17,19-20H2;(H,6,7)/t22?,27-,28?,33?;/m0./s1. The minimum absolute atomic E-state index is 0.0931. The van der Waals surface area contributed by atoms with Crippen LogP contribution in [0.4, 0.5) is 17.6 Å². The maximum absolute atomic E-state index is 13.7. The van der Waals surface area contributed by atoms with Crippen LogP contribution in [0.1, 0.15) is 45.2 Å². The van der Waals surface area contributed by atoms with Gasteiger partial charge in [0.2, 0.25) is 5.78 Å². The Morgan fingerprint density at radius 2 is 1.45 bits per heavy atom. The van der Waals surface area contributed by atoms with Gasteiger partial charge in [-0.15, -0.1) is 0 Å². The number of carboxylic acids is 1. The number of carboxylic acid groups (broad SMARTS) is 1. The Bertz CT molecular complexity index is 1470. The summed E-state index contributed by atoms with van der Waals surface area (Å²) in [6.45, 7) is 2.73. The van der Waals surface area contributed by atoms with Gasteiger partial charge in [0.1, 0.15) is 24.9 Å². The molecule has 3 aliphatic heterocycles. The van der Waals surface area contributed by atoms with Crippen molar-refractivity contribution < 1.29 is 51.1 Å². The van der Waals surface area contributed by atoms with Gasteiger partial charge in [0, 0.05) is 29.9 Å². The van der Waals surface area contributed by atoms with Crippen molar-refractivity contribution in [3.8, 4) is 0 Å². The van der Waals surface area contributed by atoms with E-state index in [1.807, 2.05) is 36.4 Å². The first-order chi connectivity index (χ1) is 20.9. The number of benzene rings is 3. The molecule has 2 atom stereocenters. The van der Waals surface area contributed by atoms with Crippen molar-refractivity contribution >= 4 is 23.6 Å². The quantitative estimate of drug-likeness (QED) is 0.180. The SMILES string of the molecule is O=C(C[N+]12CCC(CC1)[C@@H](OC(=O)C(NC(=O)c1cccc(F)c1)c1ccccc1)C2)c1ccccc1.O=C([O-])C(F)(F)F. The van der Waals surface area contributed by atoms with Crippen LogP contribution in [0.2, 0.25) is 0 Å². The molecule has 0 aliphatic carbocycles. The minimum Gasteiger partial charge on any atom is -0.542 e. The molecule has 3 heterocycles. The summed E-state index contributed by atoms with van der Waals surface area (Å²) in [4.78, 5) is 48.2. The number of carbonyl (C=O) groups excluding carboxylic acids is 4. The topological polar surface area (TPSA) is 113 Å². The molecule has 0 saturated carbocycles. The normalized spacial score (nSPS) is 21.3. The lowest BCUT2D eigenvalue weighted by Gasteiger charge is -2.51. The smallest absolute Gasteiger partial charge is 0.430 e. The van der Waals surface area contributed by atoms with E-state index in [2.05, 4.69) is 5.32 Å². The molecular weight excluding hydrogens is 584 g/mol. The Kier molecular flexibility index (Phi) is 10.1. The van der Waals surface area contributed by atoms with Crippen LogP contribution in [0.25, 0.3) is 0 Å². The van der Waals surface area contributed by atoms with E-state index in [1.165, 1.54) is 18.2 Å². The molecule has 1 unspecified atom stereocenters. The first-order valence-corrected chi connectivity index (χ1v) is 13.9. The van der Waals surface area contributed by atoms with E-state index in [0.29, 0.717) is 28.7 Å². The maximum atomic E-state index is 13.7. The zero-order valence-electron chi connectivity index (χ0n) is 23.5. The van der Waals surface area contributed by atoms with Gasteiger partial charge < -0.3 is 24.4 Å². The summed E-state index contributed by atoms with van der Waals surface area (Å²) < 4.78 is 51.9. The van der Waals surface area contributed by atoms with Crippen molar-refractivity contribution in [2.24, 2.45) is 5.92 Å². The van der Waals surface area contributed by atoms with Gasteiger partial charge in [0.05, 0.1) is 13.1 Å². The van der Waals surface area contributed by atoms with Gasteiger partial charge in [0.25, 0.3) is 5.91 Å². The van der Waals surface area contributed by atoms with Gasteiger partial charge in [-0.1, -0.05) is 66.7 Å². The number of Topliss-reactive ketones (excluding diaryl/α,β-unsaturated/α-hetero) is 1. The molecule has 3 aromatic rings. The lowest BCUT2D eigenvalue weighted by Crippen LogP contribution is -2.66. The fourth-order valence-electron chi connectivity index (χ4n) is 5.58. The minimum atomic E-state index is -5.19. The third kappa shape index (κ3) is 8.28. The Labute approximate surface area is 250 Å². The molecule has 44 heavy (non-hydrogen) atoms. The summed E-state index contributed by atoms with van der Waals surface area (Å²) in [7, 11) is 0. The molecule has 3 saturated heterocycles. The van der Waals surface area contributed by atoms with Crippen LogP contribution in [0.15, 0.2) is 84.9 Å². The summed E-state index contributed by atoms with van der Waals surface area (Å²) in [5.74, 6) is -4.33. The lowest BCUT2D eigenvalue weighted by molar-refractivity contribution is -0.938. The fraction of sp³-hybridized carbons (Fsp3) is 0.312. The number of amides is 1. The molecule has 0 radical (unpaired) electrons. The molecule has 8 nitrogen and oxygen atoms in total. The van der Waals surface area contributed by atoms with Gasteiger partial charge in [-0.25, -0.2) is 9.18 Å². The third-order valence-electron chi connectivity index (χ3n) is 7.85. The number of aliphatic carboxylic acids is 1. The average Bonchev–Trinajstić information content (AvgIpc) is 3.00. The average molecular weight is 615 g/mol. The second-order valence-electron chi connectivity index (χ2n) is 10.8. The van der Waals surface area contributed by atoms with Gasteiger partial charge in [-0.05, 0) is 23.8 Å². The number of nitrogens with one attached hydrogen (secondary N) is 1. The summed E-state index contributed by atoms with van der Waals surface area (Å²) in [6.07, 6.45) is -3.77. The van der Waals surface area contributed by atoms with Crippen molar-refractivity contribution in [2.75, 3.05) is 26.2 Å². The van der Waals surface area contributed by atoms with Crippen molar-refractivity contribution in [1.29, 1.82) is 0 Å². The number of carbonyl (C=O) groups is 4. The number of nitrogens with zero attached hydrogens (tertiary/aromatic N) is 1. The van der Waals surface area contributed by atoms with E-state index in [1.54, 1.807) is 24.3 Å². The van der Waals surface area contributed by atoms with Gasteiger partial charge in [0.15, 0.2) is 12.1 Å². The van der Waals surface area contributed by atoms with Crippen LogP contribution in [0.3, 0.4) is 0 Å². The second kappa shape index (κ2) is 13.8. The Morgan fingerprint density at radius 3 is 2.02 bits per heavy atom. The number of esters is 1. The van der Waals surface area contributed by atoms with E-state index in [9.17, 15) is 31.9 Å². The number of halogens is 4. The molecule has 0 spiro atoms. The van der Waals surface area contributed by atoms with Gasteiger partial charge in [-0.2, -0.15) is 13.2 Å². The molecule has 3 fully saturated rings. The molecule has 3 aliphatic rings. The number of rotatable bonds is 8. The zero-order valence-corrected chi connectivity index (χ0v) is 23.5. The fourth-order valence-corrected chi connectivity index (χ4v) is 5.58. The molecular formula is C32H30F4N2O6. The number of hydrogen-bond acceptors (Lipinski definition) is 6. The number of ether oxygens (including phenoxy) is 1. The highest BCUT2D eigenvalue weighted by molar-refractivity contribution is 5.97. The molecule has 1 amide bonds. The lowest BCUT2D eigenvalue weighted by atomic mass is 9.82. The highest BCUT2D eigenvalue weighted by atomic mass is 19.4. The maximum Gasteiger partial charge on any atom is 0.430 e. The van der Waals surface area contributed by atoms with Crippen molar-refractivity contribution in [3.05, 3.63) is 107 Å². The van der Waals surface area contributed by atoms with Crippen molar-refractivity contribution in [1.82, 2.24) is 5.32 Å². The Hall–Kier alpha value is -4.58. The zero-order chi connectivity index (χ0) is 31.9. The highest BCUT2D eigenvalue weighted by Crippen LogP contribution is 2.36. The number of piperidine rings is 3. The summed E-state index contributed by atoms with van der Waals surface area (Å²) in [5.41, 5.74) is 1.41. The second-order valence-corrected chi connectivity index (χ2v) is 10.8. The Balaban J connectivity index is 0.000000566. The molecule has 232 valence electrons. The highest BCUT2D eigenvalue weighted by Gasteiger charge is 2.49. The number of fused-ring (bicyclic) bond motifs is 3. The van der Waals surface area contributed by atoms with Crippen LogP contribution in [-0.2, 0) is 14.3 Å². The van der Waals surface area contributed by atoms with E-state index in [4.69, 9.17) is 14.6 Å². The van der Waals surface area contributed by atoms with Crippen LogP contribution < -0.4 is 10.4 Å². The predicted octanol–water partition coefficient (Wildman–Crippen LogP) is 3.63. The van der Waals surface area contributed by atoms with E-state index >= 15 is 0 Å². The Morgan fingerprint density at radius 1 is 0.886 bits per heavy atom. The van der Waals surface area contributed by atoms with Crippen LogP contribution in [0, 0.1) is 11.7 Å². The van der Waals surface area contributed by atoms with Gasteiger partial charge >= 0.3 is 12.1 Å². The van der Waals surface area contributed by atoms with Gasteiger partial charge in [-0.3, -0.25) is 9.59 Å². The summed E-state index contributed by atoms with van der Waals surface area (Å²) in [6, 6.07) is 22.5. The number of hydrogen-bond donors (Lipinski definition) is 1.